The predicted molar refractivity (Wildman–Crippen MR) is 90.4 cm³/mol. The highest BCUT2D eigenvalue weighted by molar-refractivity contribution is 7.15. The zero-order valence-corrected chi connectivity index (χ0v) is 13.8. The third-order valence-corrected chi connectivity index (χ3v) is 4.20. The van der Waals surface area contributed by atoms with E-state index in [2.05, 4.69) is 15.6 Å². The van der Waals surface area contributed by atoms with Crippen molar-refractivity contribution in [3.8, 4) is 11.8 Å². The maximum Gasteiger partial charge on any atom is 0.267 e. The molecule has 0 unspecified atom stereocenters. The molecule has 1 amide bonds. The second-order valence-electron chi connectivity index (χ2n) is 4.93. The molecule has 1 aromatic carbocycles. The van der Waals surface area contributed by atoms with Gasteiger partial charge in [0.05, 0.1) is 5.69 Å². The number of hydrogen-bond donors (Lipinski definition) is 3. The number of thiazole rings is 1. The van der Waals surface area contributed by atoms with Gasteiger partial charge < -0.3 is 15.7 Å². The summed E-state index contributed by atoms with van der Waals surface area (Å²) in [5, 5.41) is 24.7. The van der Waals surface area contributed by atoms with Crippen LogP contribution in [0.1, 0.15) is 16.1 Å². The van der Waals surface area contributed by atoms with Gasteiger partial charge in [-0.2, -0.15) is 5.26 Å². The van der Waals surface area contributed by atoms with Gasteiger partial charge >= 0.3 is 0 Å². The Morgan fingerprint density at radius 3 is 2.70 bits per heavy atom. The first kappa shape index (κ1) is 16.5. The van der Waals surface area contributed by atoms with Gasteiger partial charge in [-0.3, -0.25) is 4.79 Å². The number of aryl methyl sites for hydroxylation is 3. The Balaban J connectivity index is 2.12. The van der Waals surface area contributed by atoms with Crippen molar-refractivity contribution >= 4 is 28.1 Å². The van der Waals surface area contributed by atoms with E-state index in [0.717, 1.165) is 10.6 Å². The number of nitrogens with one attached hydrogen (secondary N) is 2. The van der Waals surface area contributed by atoms with Gasteiger partial charge in [-0.15, -0.1) is 11.3 Å². The van der Waals surface area contributed by atoms with E-state index >= 15 is 0 Å². The van der Waals surface area contributed by atoms with Gasteiger partial charge in [0, 0.05) is 16.8 Å². The summed E-state index contributed by atoms with van der Waals surface area (Å²) >= 11 is 1.45. The number of aromatic hydroxyl groups is 1. The highest BCUT2D eigenvalue weighted by atomic mass is 32.1. The number of phenolic OH excluding ortho intramolecular Hbond substituents is 1. The third kappa shape index (κ3) is 4.08. The molecule has 3 N–H and O–H groups in total. The molecule has 0 atom stereocenters. The number of amides is 1. The van der Waals surface area contributed by atoms with E-state index in [1.54, 1.807) is 13.0 Å². The van der Waals surface area contributed by atoms with Crippen molar-refractivity contribution in [3.05, 3.63) is 46.1 Å². The van der Waals surface area contributed by atoms with Crippen molar-refractivity contribution in [3.63, 3.8) is 0 Å². The van der Waals surface area contributed by atoms with Gasteiger partial charge in [0.1, 0.15) is 17.4 Å². The van der Waals surface area contributed by atoms with Crippen LogP contribution in [0.2, 0.25) is 0 Å². The SMILES string of the molecule is Cc1cc(O)ccc1NC(=O)/C(C#N)=C\Nc1nc(C)c(C)s1. The predicted octanol–water partition coefficient (Wildman–Crippen LogP) is 3.23. The first-order valence-corrected chi connectivity index (χ1v) is 7.64. The Hall–Kier alpha value is -2.85. The lowest BCUT2D eigenvalue weighted by Crippen LogP contribution is -2.15. The number of anilines is 2. The molecular formula is C16H16N4O2S. The van der Waals surface area contributed by atoms with Gasteiger partial charge in [0.2, 0.25) is 0 Å². The van der Waals surface area contributed by atoms with Crippen LogP contribution in [0.15, 0.2) is 30.0 Å². The van der Waals surface area contributed by atoms with Crippen molar-refractivity contribution < 1.29 is 9.90 Å². The first-order valence-electron chi connectivity index (χ1n) is 6.82. The van der Waals surface area contributed by atoms with E-state index in [9.17, 15) is 9.90 Å². The molecule has 0 aliphatic heterocycles. The summed E-state index contributed by atoms with van der Waals surface area (Å²) in [6.07, 6.45) is 1.34. The molecule has 0 saturated carbocycles. The molecule has 0 aliphatic rings. The maximum absolute atomic E-state index is 12.2. The Morgan fingerprint density at radius 2 is 2.13 bits per heavy atom. The van der Waals surface area contributed by atoms with Crippen molar-refractivity contribution in [2.24, 2.45) is 0 Å². The highest BCUT2D eigenvalue weighted by Gasteiger charge is 2.11. The van der Waals surface area contributed by atoms with Crippen molar-refractivity contribution in [2.75, 3.05) is 10.6 Å². The Morgan fingerprint density at radius 1 is 1.39 bits per heavy atom. The number of nitrogens with zero attached hydrogens (tertiary/aromatic N) is 2. The minimum atomic E-state index is -0.529. The topological polar surface area (TPSA) is 98.0 Å². The molecule has 0 spiro atoms. The van der Waals surface area contributed by atoms with Crippen LogP contribution in [-0.4, -0.2) is 16.0 Å². The van der Waals surface area contributed by atoms with E-state index < -0.39 is 5.91 Å². The molecule has 7 heteroatoms. The van der Waals surface area contributed by atoms with Gasteiger partial charge in [-0.05, 0) is 44.5 Å². The third-order valence-electron chi connectivity index (χ3n) is 3.19. The molecule has 1 aromatic heterocycles. The monoisotopic (exact) mass is 328 g/mol. The Bertz CT molecular complexity index is 798. The second-order valence-corrected chi connectivity index (χ2v) is 6.13. The molecule has 0 fully saturated rings. The molecule has 0 saturated heterocycles. The van der Waals surface area contributed by atoms with Gasteiger partial charge in [0.15, 0.2) is 5.13 Å². The highest BCUT2D eigenvalue weighted by Crippen LogP contribution is 2.22. The average Bonchev–Trinajstić information content (AvgIpc) is 2.81. The molecule has 118 valence electrons. The van der Waals surface area contributed by atoms with E-state index in [0.29, 0.717) is 16.4 Å². The summed E-state index contributed by atoms with van der Waals surface area (Å²) in [6.45, 7) is 5.60. The number of phenols is 1. The number of benzene rings is 1. The molecule has 0 bridgehead atoms. The molecule has 6 nitrogen and oxygen atoms in total. The van der Waals surface area contributed by atoms with Gasteiger partial charge in [-0.1, -0.05) is 0 Å². The lowest BCUT2D eigenvalue weighted by molar-refractivity contribution is -0.112. The van der Waals surface area contributed by atoms with Crippen molar-refractivity contribution in [1.29, 1.82) is 5.26 Å². The maximum atomic E-state index is 12.2. The zero-order chi connectivity index (χ0) is 17.0. The summed E-state index contributed by atoms with van der Waals surface area (Å²) in [5.74, 6) is -0.411. The summed E-state index contributed by atoms with van der Waals surface area (Å²) in [7, 11) is 0. The molecular weight excluding hydrogens is 312 g/mol. The van der Waals surface area contributed by atoms with Crippen LogP contribution in [0.25, 0.3) is 0 Å². The lowest BCUT2D eigenvalue weighted by Gasteiger charge is -2.08. The molecule has 1 heterocycles. The number of hydrogen-bond acceptors (Lipinski definition) is 6. The zero-order valence-electron chi connectivity index (χ0n) is 13.0. The quantitative estimate of drug-likeness (QED) is 0.455. The molecule has 2 aromatic rings. The van der Waals surface area contributed by atoms with Crippen LogP contribution >= 0.6 is 11.3 Å². The number of carbonyl (C=O) groups is 1. The minimum Gasteiger partial charge on any atom is -0.508 e. The van der Waals surface area contributed by atoms with Crippen molar-refractivity contribution in [1.82, 2.24) is 4.98 Å². The fourth-order valence-corrected chi connectivity index (χ4v) is 2.58. The van der Waals surface area contributed by atoms with Crippen LogP contribution in [0.5, 0.6) is 5.75 Å². The van der Waals surface area contributed by atoms with E-state index in [1.807, 2.05) is 19.9 Å². The number of nitriles is 1. The first-order chi connectivity index (χ1) is 10.9. The van der Waals surface area contributed by atoms with E-state index in [1.165, 1.54) is 29.7 Å². The van der Waals surface area contributed by atoms with Gasteiger partial charge in [-0.25, -0.2) is 4.98 Å². The van der Waals surface area contributed by atoms with Crippen LogP contribution in [-0.2, 0) is 4.79 Å². The molecule has 23 heavy (non-hydrogen) atoms. The van der Waals surface area contributed by atoms with Crippen LogP contribution in [0.4, 0.5) is 10.8 Å². The smallest absolute Gasteiger partial charge is 0.267 e. The van der Waals surface area contributed by atoms with Crippen LogP contribution in [0, 0.1) is 32.1 Å². The number of aromatic nitrogens is 1. The lowest BCUT2D eigenvalue weighted by atomic mass is 10.2. The summed E-state index contributed by atoms with van der Waals surface area (Å²) in [6, 6.07) is 6.44. The van der Waals surface area contributed by atoms with Crippen LogP contribution < -0.4 is 10.6 Å². The molecule has 0 aliphatic carbocycles. The van der Waals surface area contributed by atoms with Gasteiger partial charge in [0.25, 0.3) is 5.91 Å². The fourth-order valence-electron chi connectivity index (χ4n) is 1.79. The number of carbonyl (C=O) groups excluding carboxylic acids is 1. The summed E-state index contributed by atoms with van der Waals surface area (Å²) < 4.78 is 0. The standard InChI is InChI=1S/C16H16N4O2S/c1-9-6-13(21)4-5-14(9)20-15(22)12(7-17)8-18-16-19-10(2)11(3)23-16/h4-6,8,21H,1-3H3,(H,18,19)(H,20,22)/b12-8-. The number of rotatable bonds is 4. The fraction of sp³-hybridized carbons (Fsp3) is 0.188. The second kappa shape index (κ2) is 6.94. The Kier molecular flexibility index (Phi) is 4.98. The van der Waals surface area contributed by atoms with Crippen molar-refractivity contribution in [2.45, 2.75) is 20.8 Å². The summed E-state index contributed by atoms with van der Waals surface area (Å²) in [4.78, 5) is 17.5. The molecule has 2 rings (SSSR count). The van der Waals surface area contributed by atoms with E-state index in [-0.39, 0.29) is 11.3 Å². The largest absolute Gasteiger partial charge is 0.508 e. The van der Waals surface area contributed by atoms with Crippen LogP contribution in [0.3, 0.4) is 0 Å². The minimum absolute atomic E-state index is 0.0667. The Labute approximate surface area is 138 Å². The molecule has 0 radical (unpaired) electrons. The van der Waals surface area contributed by atoms with E-state index in [4.69, 9.17) is 5.26 Å². The summed E-state index contributed by atoms with van der Waals surface area (Å²) in [5.41, 5.74) is 2.08. The normalized spacial score (nSPS) is 11.0. The average molecular weight is 328 g/mol.